The van der Waals surface area contributed by atoms with Gasteiger partial charge < -0.3 is 14.5 Å². The molecular formula is C23H36N2O2. The van der Waals surface area contributed by atoms with Gasteiger partial charge in [0.05, 0.1) is 6.10 Å². The maximum atomic E-state index is 12.7. The number of rotatable bonds is 7. The second-order valence-corrected chi connectivity index (χ2v) is 8.59. The lowest BCUT2D eigenvalue weighted by molar-refractivity contribution is -0.131. The molecule has 0 spiro atoms. The van der Waals surface area contributed by atoms with Crippen LogP contribution < -0.4 is 4.74 Å². The van der Waals surface area contributed by atoms with Gasteiger partial charge in [-0.15, -0.1) is 0 Å². The van der Waals surface area contributed by atoms with Crippen LogP contribution in [-0.2, 0) is 11.2 Å². The van der Waals surface area contributed by atoms with Crippen molar-refractivity contribution in [1.29, 1.82) is 0 Å². The van der Waals surface area contributed by atoms with Crippen molar-refractivity contribution >= 4 is 5.91 Å². The molecule has 1 aromatic rings. The van der Waals surface area contributed by atoms with E-state index >= 15 is 0 Å². The molecule has 1 amide bonds. The molecule has 0 bridgehead atoms. The zero-order valence-corrected chi connectivity index (χ0v) is 17.3. The van der Waals surface area contributed by atoms with E-state index < -0.39 is 0 Å². The molecule has 2 fully saturated rings. The van der Waals surface area contributed by atoms with Crippen molar-refractivity contribution in [2.24, 2.45) is 5.92 Å². The number of amides is 1. The van der Waals surface area contributed by atoms with Gasteiger partial charge in [-0.25, -0.2) is 0 Å². The fourth-order valence-electron chi connectivity index (χ4n) is 4.69. The average Bonchev–Trinajstić information content (AvgIpc) is 2.67. The molecule has 2 aliphatic rings. The number of fused-ring (bicyclic) bond motifs is 1. The first-order valence-electron chi connectivity index (χ1n) is 10.8. The van der Waals surface area contributed by atoms with Gasteiger partial charge in [-0.05, 0) is 82.7 Å². The van der Waals surface area contributed by atoms with Crippen LogP contribution in [-0.4, -0.2) is 54.5 Å². The van der Waals surface area contributed by atoms with E-state index in [0.29, 0.717) is 18.4 Å². The van der Waals surface area contributed by atoms with Gasteiger partial charge in [-0.2, -0.15) is 0 Å². The predicted octanol–water partition coefficient (Wildman–Crippen LogP) is 4.13. The molecule has 4 heteroatoms. The van der Waals surface area contributed by atoms with E-state index in [4.69, 9.17) is 4.74 Å². The molecule has 0 N–H and O–H groups in total. The first-order chi connectivity index (χ1) is 13.0. The lowest BCUT2D eigenvalue weighted by Gasteiger charge is -2.45. The van der Waals surface area contributed by atoms with Crippen LogP contribution in [0, 0.1) is 5.92 Å². The number of nitrogens with zero attached hydrogens (tertiary/aromatic N) is 2. The highest BCUT2D eigenvalue weighted by atomic mass is 16.5. The van der Waals surface area contributed by atoms with E-state index in [9.17, 15) is 4.79 Å². The molecule has 4 nitrogen and oxygen atoms in total. The van der Waals surface area contributed by atoms with Crippen LogP contribution in [0.25, 0.3) is 0 Å². The van der Waals surface area contributed by atoms with Crippen LogP contribution in [0.15, 0.2) is 24.3 Å². The van der Waals surface area contributed by atoms with Crippen LogP contribution in [0.4, 0.5) is 0 Å². The lowest BCUT2D eigenvalue weighted by atomic mass is 9.83. The van der Waals surface area contributed by atoms with Crippen molar-refractivity contribution in [3.05, 3.63) is 29.8 Å². The summed E-state index contributed by atoms with van der Waals surface area (Å²) < 4.78 is 5.68. The Morgan fingerprint density at radius 1 is 1.15 bits per heavy atom. The van der Waals surface area contributed by atoms with Gasteiger partial charge in [0.1, 0.15) is 5.75 Å². The summed E-state index contributed by atoms with van der Waals surface area (Å²) in [4.78, 5) is 17.3. The van der Waals surface area contributed by atoms with Gasteiger partial charge in [0.15, 0.2) is 0 Å². The Hall–Kier alpha value is -1.55. The smallest absolute Gasteiger partial charge is 0.222 e. The van der Waals surface area contributed by atoms with Gasteiger partial charge in [0.25, 0.3) is 0 Å². The minimum absolute atomic E-state index is 0.186. The maximum Gasteiger partial charge on any atom is 0.222 e. The summed E-state index contributed by atoms with van der Waals surface area (Å²) in [5, 5.41) is 0. The minimum Gasteiger partial charge on any atom is -0.491 e. The van der Waals surface area contributed by atoms with Crippen LogP contribution in [0.1, 0.15) is 57.9 Å². The predicted molar refractivity (Wildman–Crippen MR) is 110 cm³/mol. The molecule has 2 heterocycles. The number of hydrogen-bond donors (Lipinski definition) is 0. The molecule has 1 aromatic carbocycles. The van der Waals surface area contributed by atoms with Crippen LogP contribution >= 0.6 is 0 Å². The molecule has 150 valence electrons. The zero-order valence-electron chi connectivity index (χ0n) is 17.3. The second-order valence-electron chi connectivity index (χ2n) is 8.59. The van der Waals surface area contributed by atoms with E-state index in [1.165, 1.54) is 50.8 Å². The van der Waals surface area contributed by atoms with Crippen molar-refractivity contribution in [1.82, 2.24) is 9.80 Å². The number of carbonyl (C=O) groups is 1. The Labute approximate surface area is 164 Å². The first kappa shape index (κ1) is 20.2. The van der Waals surface area contributed by atoms with Crippen molar-refractivity contribution < 1.29 is 9.53 Å². The molecule has 0 saturated carbocycles. The van der Waals surface area contributed by atoms with Crippen LogP contribution in [0.2, 0.25) is 0 Å². The maximum absolute atomic E-state index is 12.7. The fourth-order valence-corrected chi connectivity index (χ4v) is 4.69. The Morgan fingerprint density at radius 3 is 2.63 bits per heavy atom. The SMILES string of the molecule is CC(C)Oc1ccc(CCC(=O)N(C)CC2CCCN3CCCCC23)cc1. The molecule has 3 rings (SSSR count). The molecule has 27 heavy (non-hydrogen) atoms. The largest absolute Gasteiger partial charge is 0.491 e. The van der Waals surface area contributed by atoms with E-state index in [1.54, 1.807) is 0 Å². The number of benzene rings is 1. The topological polar surface area (TPSA) is 32.8 Å². The second kappa shape index (κ2) is 9.59. The molecule has 0 aliphatic carbocycles. The van der Waals surface area contributed by atoms with E-state index in [2.05, 4.69) is 17.0 Å². The first-order valence-corrected chi connectivity index (χ1v) is 10.8. The zero-order chi connectivity index (χ0) is 19.2. The van der Waals surface area contributed by atoms with Gasteiger partial charge in [0, 0.05) is 26.1 Å². The molecule has 2 aliphatic heterocycles. The van der Waals surface area contributed by atoms with Gasteiger partial charge >= 0.3 is 0 Å². The fraction of sp³-hybridized carbons (Fsp3) is 0.696. The molecule has 2 saturated heterocycles. The third-order valence-corrected chi connectivity index (χ3v) is 6.09. The number of hydrogen-bond acceptors (Lipinski definition) is 3. The lowest BCUT2D eigenvalue weighted by Crippen LogP contribution is -2.51. The Morgan fingerprint density at radius 2 is 1.89 bits per heavy atom. The number of carbonyl (C=O) groups excluding carboxylic acids is 1. The third kappa shape index (κ3) is 5.71. The Balaban J connectivity index is 1.46. The third-order valence-electron chi connectivity index (χ3n) is 6.09. The van der Waals surface area contributed by atoms with E-state index in [-0.39, 0.29) is 12.0 Å². The van der Waals surface area contributed by atoms with Gasteiger partial charge in [-0.3, -0.25) is 4.79 Å². The number of aryl methyl sites for hydroxylation is 1. The highest BCUT2D eigenvalue weighted by molar-refractivity contribution is 5.76. The summed E-state index contributed by atoms with van der Waals surface area (Å²) >= 11 is 0. The van der Waals surface area contributed by atoms with E-state index in [0.717, 1.165) is 18.7 Å². The summed E-state index contributed by atoms with van der Waals surface area (Å²) in [7, 11) is 1.99. The Kier molecular flexibility index (Phi) is 7.17. The minimum atomic E-state index is 0.186. The van der Waals surface area contributed by atoms with Gasteiger partial charge in [-0.1, -0.05) is 18.6 Å². The Bertz CT molecular complexity index is 597. The highest BCUT2D eigenvalue weighted by Crippen LogP contribution is 2.31. The number of piperidine rings is 2. The van der Waals surface area contributed by atoms with Gasteiger partial charge in [0.2, 0.25) is 5.91 Å². The molecule has 2 unspecified atom stereocenters. The summed E-state index contributed by atoms with van der Waals surface area (Å²) in [6.45, 7) is 7.49. The summed E-state index contributed by atoms with van der Waals surface area (Å²) in [5.74, 6) is 1.82. The summed E-state index contributed by atoms with van der Waals surface area (Å²) in [5.41, 5.74) is 1.20. The summed E-state index contributed by atoms with van der Waals surface area (Å²) in [6, 6.07) is 8.86. The molecule has 0 aromatic heterocycles. The normalized spacial score (nSPS) is 23.1. The number of ether oxygens (including phenoxy) is 1. The highest BCUT2D eigenvalue weighted by Gasteiger charge is 2.33. The van der Waals surface area contributed by atoms with Crippen LogP contribution in [0.5, 0.6) is 5.75 Å². The molecular weight excluding hydrogens is 336 g/mol. The van der Waals surface area contributed by atoms with Crippen molar-refractivity contribution in [3.8, 4) is 5.75 Å². The monoisotopic (exact) mass is 372 g/mol. The van der Waals surface area contributed by atoms with Crippen molar-refractivity contribution in [2.75, 3.05) is 26.7 Å². The standard InChI is InChI=1S/C23H36N2O2/c1-18(2)27-21-12-9-19(10-13-21)11-14-23(26)24(3)17-20-7-6-16-25-15-5-4-8-22(20)25/h9-10,12-13,18,20,22H,4-8,11,14-17H2,1-3H3. The average molecular weight is 373 g/mol. The van der Waals surface area contributed by atoms with Crippen LogP contribution in [0.3, 0.4) is 0 Å². The molecule has 0 radical (unpaired) electrons. The summed E-state index contributed by atoms with van der Waals surface area (Å²) in [6.07, 6.45) is 8.14. The molecule has 2 atom stereocenters. The quantitative estimate of drug-likeness (QED) is 0.721. The van der Waals surface area contributed by atoms with E-state index in [1.807, 2.05) is 37.9 Å². The van der Waals surface area contributed by atoms with Crippen molar-refractivity contribution in [3.63, 3.8) is 0 Å². The van der Waals surface area contributed by atoms with Crippen molar-refractivity contribution in [2.45, 2.75) is 70.9 Å².